The Morgan fingerprint density at radius 2 is 2.24 bits per heavy atom. The largest absolute Gasteiger partial charge is 0.384 e. The predicted molar refractivity (Wildman–Crippen MR) is 67.2 cm³/mol. The number of Topliss-reactive ketones (excluding diaryl/α,β-unsaturated/α-hetero) is 1. The summed E-state index contributed by atoms with van der Waals surface area (Å²) in [6, 6.07) is 7.91. The van der Waals surface area contributed by atoms with Gasteiger partial charge in [0.1, 0.15) is 0 Å². The maximum atomic E-state index is 11.8. The summed E-state index contributed by atoms with van der Waals surface area (Å²) < 4.78 is 5.27. The first-order valence-electron chi connectivity index (χ1n) is 6.04. The van der Waals surface area contributed by atoms with Gasteiger partial charge in [0.2, 0.25) is 0 Å². The van der Waals surface area contributed by atoms with Crippen LogP contribution in [-0.2, 0) is 10.2 Å². The van der Waals surface area contributed by atoms with Gasteiger partial charge in [-0.3, -0.25) is 4.79 Å². The molecule has 2 N–H and O–H groups in total. The van der Waals surface area contributed by atoms with E-state index in [1.807, 2.05) is 18.2 Å². The van der Waals surface area contributed by atoms with Crippen LogP contribution >= 0.6 is 0 Å². The molecule has 0 spiro atoms. The lowest BCUT2D eigenvalue weighted by molar-refractivity contribution is 0.0985. The number of benzene rings is 1. The Balaban J connectivity index is 2.20. The molecule has 1 fully saturated rings. The van der Waals surface area contributed by atoms with Crippen molar-refractivity contribution in [3.05, 3.63) is 35.4 Å². The van der Waals surface area contributed by atoms with Gasteiger partial charge >= 0.3 is 0 Å². The molecule has 1 saturated carbocycles. The molecule has 0 atom stereocenters. The van der Waals surface area contributed by atoms with Crippen molar-refractivity contribution in [3.63, 3.8) is 0 Å². The number of hydrogen-bond donors (Lipinski definition) is 1. The maximum Gasteiger partial charge on any atom is 0.164 e. The highest BCUT2D eigenvalue weighted by Crippen LogP contribution is 2.48. The first-order valence-corrected chi connectivity index (χ1v) is 6.04. The van der Waals surface area contributed by atoms with E-state index in [1.165, 1.54) is 5.56 Å². The van der Waals surface area contributed by atoms with Crippen LogP contribution in [0.15, 0.2) is 24.3 Å². The van der Waals surface area contributed by atoms with Crippen molar-refractivity contribution in [1.29, 1.82) is 0 Å². The summed E-state index contributed by atoms with van der Waals surface area (Å²) in [6.07, 6.45) is 2.71. The lowest BCUT2D eigenvalue weighted by Gasteiger charge is -2.15. The van der Waals surface area contributed by atoms with Gasteiger partial charge in [0.25, 0.3) is 0 Å². The number of ether oxygens (including phenoxy) is 1. The fourth-order valence-corrected chi connectivity index (χ4v) is 2.24. The molecule has 1 aromatic carbocycles. The Bertz CT molecular complexity index is 410. The molecule has 0 radical (unpaired) electrons. The molecule has 1 aliphatic carbocycles. The molecule has 0 bridgehead atoms. The molecule has 1 aromatic rings. The van der Waals surface area contributed by atoms with E-state index in [1.54, 1.807) is 7.11 Å². The number of nitrogens with two attached hydrogens (primary N) is 1. The number of hydrogen-bond acceptors (Lipinski definition) is 3. The van der Waals surface area contributed by atoms with Crippen molar-refractivity contribution in [2.75, 3.05) is 20.3 Å². The molecule has 3 heteroatoms. The van der Waals surface area contributed by atoms with Gasteiger partial charge in [0.05, 0.1) is 6.61 Å². The highest BCUT2D eigenvalue weighted by atomic mass is 16.5. The second kappa shape index (κ2) is 4.98. The lowest BCUT2D eigenvalue weighted by Crippen LogP contribution is -2.15. The fraction of sp³-hybridized carbons (Fsp3) is 0.500. The van der Waals surface area contributed by atoms with E-state index in [0.29, 0.717) is 13.0 Å². The third-order valence-electron chi connectivity index (χ3n) is 3.44. The van der Waals surface area contributed by atoms with Crippen molar-refractivity contribution < 1.29 is 9.53 Å². The van der Waals surface area contributed by atoms with Crippen molar-refractivity contribution >= 4 is 5.78 Å². The quantitative estimate of drug-likeness (QED) is 0.763. The van der Waals surface area contributed by atoms with E-state index in [9.17, 15) is 4.79 Å². The summed E-state index contributed by atoms with van der Waals surface area (Å²) in [4.78, 5) is 11.8. The van der Waals surface area contributed by atoms with Crippen molar-refractivity contribution in [2.24, 2.45) is 5.73 Å². The van der Waals surface area contributed by atoms with Crippen molar-refractivity contribution in [1.82, 2.24) is 0 Å². The Morgan fingerprint density at radius 1 is 1.47 bits per heavy atom. The third kappa shape index (κ3) is 2.56. The van der Waals surface area contributed by atoms with Gasteiger partial charge in [-0.1, -0.05) is 18.2 Å². The number of carbonyl (C=O) groups excluding carboxylic acids is 1. The molecule has 17 heavy (non-hydrogen) atoms. The monoisotopic (exact) mass is 233 g/mol. The second-order valence-corrected chi connectivity index (χ2v) is 4.76. The lowest BCUT2D eigenvalue weighted by atomic mass is 9.94. The summed E-state index contributed by atoms with van der Waals surface area (Å²) >= 11 is 0. The van der Waals surface area contributed by atoms with Crippen LogP contribution in [0.5, 0.6) is 0 Å². The molecule has 0 heterocycles. The van der Waals surface area contributed by atoms with Crippen LogP contribution in [0.3, 0.4) is 0 Å². The Morgan fingerprint density at radius 3 is 2.82 bits per heavy atom. The van der Waals surface area contributed by atoms with Gasteiger partial charge in [-0.25, -0.2) is 0 Å². The predicted octanol–water partition coefficient (Wildman–Crippen LogP) is 1.90. The summed E-state index contributed by atoms with van der Waals surface area (Å²) in [5.74, 6) is 0.127. The molecule has 2 rings (SSSR count). The van der Waals surface area contributed by atoms with E-state index in [2.05, 4.69) is 6.07 Å². The SMILES string of the molecule is COCC1(c2cccc(C(=O)CCN)c2)CC1. The minimum atomic E-state index is 0.127. The zero-order valence-corrected chi connectivity index (χ0v) is 10.2. The van der Waals surface area contributed by atoms with E-state index < -0.39 is 0 Å². The van der Waals surface area contributed by atoms with Crippen LogP contribution in [0.1, 0.15) is 35.2 Å². The second-order valence-electron chi connectivity index (χ2n) is 4.76. The van der Waals surface area contributed by atoms with Crippen LogP contribution in [0, 0.1) is 0 Å². The van der Waals surface area contributed by atoms with Gasteiger partial charge in [-0.15, -0.1) is 0 Å². The number of rotatable bonds is 6. The van der Waals surface area contributed by atoms with Gasteiger partial charge in [-0.05, 0) is 31.0 Å². The zero-order chi connectivity index (χ0) is 12.3. The number of carbonyl (C=O) groups is 1. The molecule has 92 valence electrons. The average molecular weight is 233 g/mol. The topological polar surface area (TPSA) is 52.3 Å². The fourth-order valence-electron chi connectivity index (χ4n) is 2.24. The molecule has 0 amide bonds. The van der Waals surface area contributed by atoms with Crippen LogP contribution in [0.4, 0.5) is 0 Å². The standard InChI is InChI=1S/C14H19NO2/c1-17-10-14(6-7-14)12-4-2-3-11(9-12)13(16)5-8-15/h2-4,9H,5-8,10,15H2,1H3. The first-order chi connectivity index (χ1) is 8.22. The third-order valence-corrected chi connectivity index (χ3v) is 3.44. The average Bonchev–Trinajstić information content (AvgIpc) is 3.11. The maximum absolute atomic E-state index is 11.8. The summed E-state index contributed by atoms with van der Waals surface area (Å²) in [6.45, 7) is 1.15. The number of methoxy groups -OCH3 is 1. The Kier molecular flexibility index (Phi) is 3.60. The van der Waals surface area contributed by atoms with Crippen molar-refractivity contribution in [2.45, 2.75) is 24.7 Å². The van der Waals surface area contributed by atoms with Gasteiger partial charge in [0.15, 0.2) is 5.78 Å². The molecule has 0 aliphatic heterocycles. The van der Waals surface area contributed by atoms with E-state index in [4.69, 9.17) is 10.5 Å². The molecule has 0 unspecified atom stereocenters. The molecule has 3 nitrogen and oxygen atoms in total. The Hall–Kier alpha value is -1.19. The molecular weight excluding hydrogens is 214 g/mol. The van der Waals surface area contributed by atoms with Gasteiger partial charge in [-0.2, -0.15) is 0 Å². The smallest absolute Gasteiger partial charge is 0.164 e. The molecule has 0 aromatic heterocycles. The van der Waals surface area contributed by atoms with Gasteiger partial charge in [0, 0.05) is 24.5 Å². The number of ketones is 1. The summed E-state index contributed by atoms with van der Waals surface area (Å²) in [5, 5.41) is 0. The van der Waals surface area contributed by atoms with E-state index in [0.717, 1.165) is 25.0 Å². The van der Waals surface area contributed by atoms with Crippen LogP contribution in [-0.4, -0.2) is 26.0 Å². The molecule has 1 aliphatic rings. The first kappa shape index (κ1) is 12.3. The molecule has 0 saturated heterocycles. The van der Waals surface area contributed by atoms with Crippen LogP contribution in [0.2, 0.25) is 0 Å². The summed E-state index contributed by atoms with van der Waals surface area (Å²) in [5.41, 5.74) is 7.57. The highest BCUT2D eigenvalue weighted by molar-refractivity contribution is 5.96. The molecular formula is C14H19NO2. The Labute approximate surface area is 102 Å². The highest BCUT2D eigenvalue weighted by Gasteiger charge is 2.44. The van der Waals surface area contributed by atoms with Crippen molar-refractivity contribution in [3.8, 4) is 0 Å². The van der Waals surface area contributed by atoms with Crippen LogP contribution < -0.4 is 5.73 Å². The zero-order valence-electron chi connectivity index (χ0n) is 10.2. The minimum absolute atomic E-state index is 0.127. The van der Waals surface area contributed by atoms with Gasteiger partial charge < -0.3 is 10.5 Å². The van der Waals surface area contributed by atoms with E-state index in [-0.39, 0.29) is 11.2 Å². The summed E-state index contributed by atoms with van der Waals surface area (Å²) in [7, 11) is 1.73. The minimum Gasteiger partial charge on any atom is -0.384 e. The van der Waals surface area contributed by atoms with E-state index >= 15 is 0 Å². The normalized spacial score (nSPS) is 16.8. The van der Waals surface area contributed by atoms with Crippen LogP contribution in [0.25, 0.3) is 0 Å².